The van der Waals surface area contributed by atoms with Crippen LogP contribution >= 0.6 is 12.2 Å². The molecular weight excluding hydrogens is 438 g/mol. The standard InChI is InChI=1S/C20H21N5O4S2/c1-28-16-7-9-17(10-8-16)31(26,27)25-22-18(20(30)24-11-13-29-14-12-24)19(23-25)21-15-5-3-2-4-6-15/h2-10H,11-14H2,1H3,(H,21,23). The van der Waals surface area contributed by atoms with E-state index < -0.39 is 10.0 Å². The van der Waals surface area contributed by atoms with E-state index in [9.17, 15) is 8.42 Å². The van der Waals surface area contributed by atoms with Crippen LogP contribution in [0.15, 0.2) is 59.5 Å². The normalized spacial score (nSPS) is 14.3. The second kappa shape index (κ2) is 9.00. The zero-order valence-electron chi connectivity index (χ0n) is 16.8. The average molecular weight is 460 g/mol. The molecule has 1 aliphatic rings. The molecule has 0 atom stereocenters. The van der Waals surface area contributed by atoms with Gasteiger partial charge in [-0.25, -0.2) is 0 Å². The van der Waals surface area contributed by atoms with E-state index in [1.54, 1.807) is 12.1 Å². The summed E-state index contributed by atoms with van der Waals surface area (Å²) in [5.74, 6) is 0.813. The molecule has 1 saturated heterocycles. The molecule has 2 heterocycles. The van der Waals surface area contributed by atoms with Gasteiger partial charge >= 0.3 is 0 Å². The number of morpholine rings is 1. The van der Waals surface area contributed by atoms with Gasteiger partial charge in [0.15, 0.2) is 11.5 Å². The maximum absolute atomic E-state index is 13.1. The summed E-state index contributed by atoms with van der Waals surface area (Å²) in [7, 11) is -2.51. The van der Waals surface area contributed by atoms with Gasteiger partial charge in [-0.15, -0.1) is 10.2 Å². The molecule has 0 bridgehead atoms. The van der Waals surface area contributed by atoms with E-state index in [0.29, 0.717) is 41.2 Å². The molecule has 1 fully saturated rings. The molecule has 11 heteroatoms. The van der Waals surface area contributed by atoms with Gasteiger partial charge in [0.2, 0.25) is 0 Å². The number of aromatic nitrogens is 3. The van der Waals surface area contributed by atoms with Crippen molar-refractivity contribution in [3.8, 4) is 5.75 Å². The zero-order chi connectivity index (χ0) is 21.8. The number of anilines is 2. The van der Waals surface area contributed by atoms with Gasteiger partial charge < -0.3 is 19.7 Å². The zero-order valence-corrected chi connectivity index (χ0v) is 18.4. The molecule has 2 aromatic carbocycles. The summed E-state index contributed by atoms with van der Waals surface area (Å²) in [5.41, 5.74) is 1.03. The van der Waals surface area contributed by atoms with Crippen LogP contribution in [0.1, 0.15) is 5.69 Å². The van der Waals surface area contributed by atoms with Crippen LogP contribution in [0.25, 0.3) is 0 Å². The summed E-state index contributed by atoms with van der Waals surface area (Å²) in [6.45, 7) is 2.28. The van der Waals surface area contributed by atoms with Gasteiger partial charge in [-0.05, 0) is 36.4 Å². The highest BCUT2D eigenvalue weighted by Crippen LogP contribution is 2.23. The maximum Gasteiger partial charge on any atom is 0.299 e. The number of hydrogen-bond acceptors (Lipinski definition) is 8. The molecule has 162 valence electrons. The molecule has 0 saturated carbocycles. The van der Waals surface area contributed by atoms with Crippen LogP contribution in [0, 0.1) is 0 Å². The van der Waals surface area contributed by atoms with Crippen LogP contribution in [-0.2, 0) is 14.8 Å². The summed E-state index contributed by atoms with van der Waals surface area (Å²) in [6, 6.07) is 15.3. The second-order valence-corrected chi connectivity index (χ2v) is 8.83. The van der Waals surface area contributed by atoms with Gasteiger partial charge in [0.25, 0.3) is 10.0 Å². The SMILES string of the molecule is COc1ccc(S(=O)(=O)n2nc(Nc3ccccc3)c(C(=S)N3CCOCC3)n2)cc1. The fourth-order valence-electron chi connectivity index (χ4n) is 3.04. The van der Waals surface area contributed by atoms with E-state index in [0.717, 1.165) is 5.69 Å². The molecule has 0 spiro atoms. The van der Waals surface area contributed by atoms with Gasteiger partial charge in [0.1, 0.15) is 10.7 Å². The number of rotatable bonds is 6. The number of para-hydroxylation sites is 1. The highest BCUT2D eigenvalue weighted by atomic mass is 32.2. The second-order valence-electron chi connectivity index (χ2n) is 6.70. The first-order chi connectivity index (χ1) is 15.0. The maximum atomic E-state index is 13.1. The largest absolute Gasteiger partial charge is 0.497 e. The Bertz CT molecular complexity index is 1160. The Labute approximate surface area is 185 Å². The van der Waals surface area contributed by atoms with Crippen molar-refractivity contribution >= 4 is 38.7 Å². The molecule has 9 nitrogen and oxygen atoms in total. The smallest absolute Gasteiger partial charge is 0.299 e. The monoisotopic (exact) mass is 459 g/mol. The van der Waals surface area contributed by atoms with Gasteiger partial charge in [0, 0.05) is 18.8 Å². The predicted octanol–water partition coefficient (Wildman–Crippen LogP) is 2.28. The molecule has 4 rings (SSSR count). The first-order valence-corrected chi connectivity index (χ1v) is 11.4. The van der Waals surface area contributed by atoms with Crippen molar-refractivity contribution in [2.75, 3.05) is 38.7 Å². The van der Waals surface area contributed by atoms with Crippen molar-refractivity contribution in [3.05, 3.63) is 60.3 Å². The summed E-state index contributed by atoms with van der Waals surface area (Å²) in [5, 5.41) is 11.6. The third-order valence-corrected chi connectivity index (χ3v) is 6.62. The van der Waals surface area contributed by atoms with Gasteiger partial charge in [-0.2, -0.15) is 8.42 Å². The molecular formula is C20H21N5O4S2. The van der Waals surface area contributed by atoms with E-state index in [2.05, 4.69) is 15.5 Å². The van der Waals surface area contributed by atoms with Crippen molar-refractivity contribution < 1.29 is 17.9 Å². The van der Waals surface area contributed by atoms with E-state index >= 15 is 0 Å². The summed E-state index contributed by atoms with van der Waals surface area (Å²) < 4.78 is 37.5. The van der Waals surface area contributed by atoms with Crippen LogP contribution in [0.5, 0.6) is 5.75 Å². The van der Waals surface area contributed by atoms with Crippen LogP contribution < -0.4 is 10.1 Å². The number of nitrogens with one attached hydrogen (secondary N) is 1. The Morgan fingerprint density at radius 2 is 1.74 bits per heavy atom. The quantitative estimate of drug-likeness (QED) is 0.557. The van der Waals surface area contributed by atoms with E-state index in [1.165, 1.54) is 19.2 Å². The van der Waals surface area contributed by atoms with Crippen molar-refractivity contribution in [1.82, 2.24) is 19.3 Å². The van der Waals surface area contributed by atoms with E-state index in [1.807, 2.05) is 35.2 Å². The predicted molar refractivity (Wildman–Crippen MR) is 119 cm³/mol. The van der Waals surface area contributed by atoms with E-state index in [4.69, 9.17) is 21.7 Å². The van der Waals surface area contributed by atoms with Crippen LogP contribution in [0.4, 0.5) is 11.5 Å². The third-order valence-electron chi connectivity index (χ3n) is 4.71. The van der Waals surface area contributed by atoms with Crippen molar-refractivity contribution in [1.29, 1.82) is 0 Å². The Morgan fingerprint density at radius 3 is 2.39 bits per heavy atom. The lowest BCUT2D eigenvalue weighted by atomic mass is 10.3. The lowest BCUT2D eigenvalue weighted by molar-refractivity contribution is 0.0692. The lowest BCUT2D eigenvalue weighted by Gasteiger charge is -2.28. The van der Waals surface area contributed by atoms with E-state index in [-0.39, 0.29) is 16.4 Å². The van der Waals surface area contributed by atoms with Gasteiger partial charge in [-0.1, -0.05) is 34.6 Å². The summed E-state index contributed by atoms with van der Waals surface area (Å²) in [6.07, 6.45) is 0. The minimum absolute atomic E-state index is 0.0402. The van der Waals surface area contributed by atoms with Crippen LogP contribution in [-0.4, -0.2) is 66.1 Å². The molecule has 1 aliphatic heterocycles. The van der Waals surface area contributed by atoms with Crippen LogP contribution in [0.2, 0.25) is 0 Å². The molecule has 0 amide bonds. The molecule has 0 aliphatic carbocycles. The minimum atomic E-state index is -4.03. The number of methoxy groups -OCH3 is 1. The lowest BCUT2D eigenvalue weighted by Crippen LogP contribution is -2.40. The minimum Gasteiger partial charge on any atom is -0.497 e. The number of ether oxygens (including phenoxy) is 2. The Hall–Kier alpha value is -3.02. The van der Waals surface area contributed by atoms with Gasteiger partial charge in [0.05, 0.1) is 25.2 Å². The molecule has 0 radical (unpaired) electrons. The molecule has 1 N–H and O–H groups in total. The van der Waals surface area contributed by atoms with Crippen molar-refractivity contribution in [2.45, 2.75) is 4.90 Å². The first-order valence-electron chi connectivity index (χ1n) is 9.55. The number of benzene rings is 2. The van der Waals surface area contributed by atoms with Crippen molar-refractivity contribution in [2.24, 2.45) is 0 Å². The topological polar surface area (TPSA) is 98.6 Å². The summed E-state index contributed by atoms with van der Waals surface area (Å²) in [4.78, 5) is 2.39. The first kappa shape index (κ1) is 21.2. The molecule has 31 heavy (non-hydrogen) atoms. The summed E-state index contributed by atoms with van der Waals surface area (Å²) >= 11 is 5.63. The van der Waals surface area contributed by atoms with Crippen molar-refractivity contribution in [3.63, 3.8) is 0 Å². The van der Waals surface area contributed by atoms with Crippen LogP contribution in [0.3, 0.4) is 0 Å². The number of nitrogens with zero attached hydrogens (tertiary/aromatic N) is 4. The number of thiocarbonyl (C=S) groups is 1. The molecule has 0 unspecified atom stereocenters. The fraction of sp³-hybridized carbons (Fsp3) is 0.250. The molecule has 3 aromatic rings. The third kappa shape index (κ3) is 4.53. The van der Waals surface area contributed by atoms with Gasteiger partial charge in [-0.3, -0.25) is 0 Å². The highest BCUT2D eigenvalue weighted by Gasteiger charge is 2.27. The Balaban J connectivity index is 1.73. The fourth-order valence-corrected chi connectivity index (χ4v) is 4.41. The Morgan fingerprint density at radius 1 is 1.06 bits per heavy atom. The molecule has 1 aromatic heterocycles. The average Bonchev–Trinajstić information content (AvgIpc) is 3.24. The highest BCUT2D eigenvalue weighted by molar-refractivity contribution is 7.89. The number of hydrogen-bond donors (Lipinski definition) is 1. The Kier molecular flexibility index (Phi) is 6.16.